The molecule has 0 saturated heterocycles. The standard InChI is InChI=1S/C37H43ClO8/c1-4-6-7-8-9-10-11-14-27-15-18-29(19-16-27)45-37(41)31-21-20-30(26-32(31)38)46-36(40)28-17-22-33(34(25-28)42-3)43-23-12-13-24-44-35(39)5-2/h5,15-22,25-26H,2,4,6-14,23-24H2,1,3H3. The van der Waals surface area contributed by atoms with E-state index in [1.165, 1.54) is 75.5 Å². The highest BCUT2D eigenvalue weighted by Crippen LogP contribution is 2.30. The molecular formula is C37H43ClO8. The fraction of sp³-hybridized carbons (Fsp3) is 0.378. The van der Waals surface area contributed by atoms with Crippen molar-refractivity contribution in [3.05, 3.63) is 95.0 Å². The molecule has 0 aliphatic rings. The molecule has 0 atom stereocenters. The minimum atomic E-state index is -0.642. The van der Waals surface area contributed by atoms with Gasteiger partial charge in [0.1, 0.15) is 11.5 Å². The zero-order chi connectivity index (χ0) is 33.1. The molecule has 0 aliphatic heterocycles. The first-order valence-electron chi connectivity index (χ1n) is 15.8. The van der Waals surface area contributed by atoms with Crippen LogP contribution in [0, 0.1) is 0 Å². The van der Waals surface area contributed by atoms with Crippen LogP contribution in [0.2, 0.25) is 5.02 Å². The molecule has 0 heterocycles. The van der Waals surface area contributed by atoms with Gasteiger partial charge >= 0.3 is 17.9 Å². The Morgan fingerprint density at radius 1 is 0.739 bits per heavy atom. The quantitative estimate of drug-likeness (QED) is 0.0517. The van der Waals surface area contributed by atoms with Gasteiger partial charge in [-0.2, -0.15) is 0 Å². The number of rotatable bonds is 20. The zero-order valence-corrected chi connectivity index (χ0v) is 27.4. The fourth-order valence-corrected chi connectivity index (χ4v) is 4.84. The predicted octanol–water partition coefficient (Wildman–Crippen LogP) is 8.97. The average molecular weight is 651 g/mol. The molecule has 0 unspecified atom stereocenters. The van der Waals surface area contributed by atoms with Crippen LogP contribution < -0.4 is 18.9 Å². The molecule has 246 valence electrons. The summed E-state index contributed by atoms with van der Waals surface area (Å²) in [5.74, 6) is -0.313. The normalized spacial score (nSPS) is 10.6. The molecule has 0 aliphatic carbocycles. The van der Waals surface area contributed by atoms with Gasteiger partial charge in [-0.1, -0.05) is 75.8 Å². The third-order valence-electron chi connectivity index (χ3n) is 7.18. The smallest absolute Gasteiger partial charge is 0.345 e. The van der Waals surface area contributed by atoms with Crippen LogP contribution in [0.1, 0.15) is 91.0 Å². The molecule has 0 amide bonds. The summed E-state index contributed by atoms with van der Waals surface area (Å²) in [6, 6.07) is 16.5. The number of carbonyl (C=O) groups excluding carboxylic acids is 3. The lowest BCUT2D eigenvalue weighted by Crippen LogP contribution is -2.11. The summed E-state index contributed by atoms with van der Waals surface area (Å²) in [5.41, 5.74) is 1.59. The van der Waals surface area contributed by atoms with Crippen molar-refractivity contribution in [2.75, 3.05) is 20.3 Å². The van der Waals surface area contributed by atoms with Gasteiger partial charge in [0.15, 0.2) is 11.5 Å². The maximum absolute atomic E-state index is 12.8. The minimum Gasteiger partial charge on any atom is -0.493 e. The minimum absolute atomic E-state index is 0.0893. The van der Waals surface area contributed by atoms with E-state index in [9.17, 15) is 14.4 Å². The molecule has 0 spiro atoms. The summed E-state index contributed by atoms with van der Waals surface area (Å²) in [6.07, 6.45) is 12.2. The number of esters is 3. The topological polar surface area (TPSA) is 97.4 Å². The first kappa shape index (κ1) is 36.2. The molecule has 46 heavy (non-hydrogen) atoms. The van der Waals surface area contributed by atoms with Crippen LogP contribution in [0.5, 0.6) is 23.0 Å². The molecule has 0 fully saturated rings. The summed E-state index contributed by atoms with van der Waals surface area (Å²) in [5, 5.41) is 0.0893. The maximum Gasteiger partial charge on any atom is 0.345 e. The average Bonchev–Trinajstić information content (AvgIpc) is 3.06. The van der Waals surface area contributed by atoms with E-state index < -0.39 is 17.9 Å². The van der Waals surface area contributed by atoms with Crippen molar-refractivity contribution < 1.29 is 38.1 Å². The number of carbonyl (C=O) groups is 3. The molecule has 0 radical (unpaired) electrons. The van der Waals surface area contributed by atoms with E-state index in [1.807, 2.05) is 12.1 Å². The van der Waals surface area contributed by atoms with Gasteiger partial charge in [-0.15, -0.1) is 0 Å². The van der Waals surface area contributed by atoms with E-state index in [0.717, 1.165) is 18.9 Å². The monoisotopic (exact) mass is 650 g/mol. The molecule has 0 N–H and O–H groups in total. The first-order valence-corrected chi connectivity index (χ1v) is 16.1. The summed E-state index contributed by atoms with van der Waals surface area (Å²) < 4.78 is 27.1. The van der Waals surface area contributed by atoms with E-state index in [4.69, 9.17) is 35.3 Å². The Bertz CT molecular complexity index is 1430. The number of halogens is 1. The summed E-state index contributed by atoms with van der Waals surface area (Å²) >= 11 is 6.37. The van der Waals surface area contributed by atoms with E-state index in [-0.39, 0.29) is 28.5 Å². The summed E-state index contributed by atoms with van der Waals surface area (Å²) in [6.45, 7) is 6.21. The van der Waals surface area contributed by atoms with Crippen LogP contribution in [0.3, 0.4) is 0 Å². The Hall–Kier alpha value is -4.30. The molecule has 0 saturated carbocycles. The molecule has 0 aromatic heterocycles. The lowest BCUT2D eigenvalue weighted by molar-refractivity contribution is -0.137. The Labute approximate surface area is 276 Å². The van der Waals surface area contributed by atoms with E-state index in [0.29, 0.717) is 36.7 Å². The molecule has 9 heteroatoms. The van der Waals surface area contributed by atoms with Gasteiger partial charge in [-0.05, 0) is 73.7 Å². The Morgan fingerprint density at radius 3 is 2.11 bits per heavy atom. The Balaban J connectivity index is 1.48. The zero-order valence-electron chi connectivity index (χ0n) is 26.7. The third kappa shape index (κ3) is 12.2. The van der Waals surface area contributed by atoms with Crippen molar-refractivity contribution in [3.63, 3.8) is 0 Å². The maximum atomic E-state index is 12.8. The lowest BCUT2D eigenvalue weighted by Gasteiger charge is -2.12. The van der Waals surface area contributed by atoms with Crippen LogP contribution in [0.4, 0.5) is 0 Å². The number of ether oxygens (including phenoxy) is 5. The highest BCUT2D eigenvalue weighted by molar-refractivity contribution is 6.33. The van der Waals surface area contributed by atoms with Crippen molar-refractivity contribution in [3.8, 4) is 23.0 Å². The van der Waals surface area contributed by atoms with Gasteiger partial charge in [-0.3, -0.25) is 0 Å². The lowest BCUT2D eigenvalue weighted by atomic mass is 10.0. The summed E-state index contributed by atoms with van der Waals surface area (Å²) in [4.78, 5) is 36.7. The van der Waals surface area contributed by atoms with Crippen molar-refractivity contribution >= 4 is 29.5 Å². The van der Waals surface area contributed by atoms with Crippen LogP contribution in [-0.4, -0.2) is 38.2 Å². The molecular weight excluding hydrogens is 608 g/mol. The number of aryl methyl sites for hydroxylation is 1. The first-order chi connectivity index (χ1) is 22.3. The van der Waals surface area contributed by atoms with Gasteiger partial charge in [-0.25, -0.2) is 14.4 Å². The number of methoxy groups -OCH3 is 1. The largest absolute Gasteiger partial charge is 0.493 e. The number of unbranched alkanes of at least 4 members (excludes halogenated alkanes) is 7. The van der Waals surface area contributed by atoms with E-state index in [1.54, 1.807) is 24.3 Å². The van der Waals surface area contributed by atoms with Gasteiger partial charge < -0.3 is 23.7 Å². The van der Waals surface area contributed by atoms with Gasteiger partial charge in [0, 0.05) is 12.1 Å². The highest BCUT2D eigenvalue weighted by atomic mass is 35.5. The van der Waals surface area contributed by atoms with Crippen LogP contribution in [0.15, 0.2) is 73.3 Å². The Morgan fingerprint density at radius 2 is 1.41 bits per heavy atom. The molecule has 3 aromatic rings. The number of hydrogen-bond donors (Lipinski definition) is 0. The second-order valence-electron chi connectivity index (χ2n) is 10.7. The van der Waals surface area contributed by atoms with Gasteiger partial charge in [0.25, 0.3) is 0 Å². The fourth-order valence-electron chi connectivity index (χ4n) is 4.59. The van der Waals surface area contributed by atoms with Crippen LogP contribution in [-0.2, 0) is 16.0 Å². The van der Waals surface area contributed by atoms with Crippen LogP contribution in [0.25, 0.3) is 0 Å². The van der Waals surface area contributed by atoms with E-state index >= 15 is 0 Å². The van der Waals surface area contributed by atoms with Crippen molar-refractivity contribution in [1.82, 2.24) is 0 Å². The molecule has 3 rings (SSSR count). The SMILES string of the molecule is C=CC(=O)OCCCCOc1ccc(C(=O)Oc2ccc(C(=O)Oc3ccc(CCCCCCCCC)cc3)c(Cl)c2)cc1OC. The van der Waals surface area contributed by atoms with Crippen molar-refractivity contribution in [2.45, 2.75) is 71.1 Å². The Kier molecular flexibility index (Phi) is 15.7. The van der Waals surface area contributed by atoms with E-state index in [2.05, 4.69) is 13.5 Å². The predicted molar refractivity (Wildman–Crippen MR) is 178 cm³/mol. The van der Waals surface area contributed by atoms with Gasteiger partial charge in [0.2, 0.25) is 0 Å². The second kappa shape index (κ2) is 20.0. The third-order valence-corrected chi connectivity index (χ3v) is 7.49. The van der Waals surface area contributed by atoms with Gasteiger partial charge in [0.05, 0.1) is 36.5 Å². The second-order valence-corrected chi connectivity index (χ2v) is 11.1. The highest BCUT2D eigenvalue weighted by Gasteiger charge is 2.17. The molecule has 8 nitrogen and oxygen atoms in total. The van der Waals surface area contributed by atoms with Crippen molar-refractivity contribution in [2.24, 2.45) is 0 Å². The summed E-state index contributed by atoms with van der Waals surface area (Å²) in [7, 11) is 1.47. The molecule has 3 aromatic carbocycles. The molecule has 0 bridgehead atoms. The van der Waals surface area contributed by atoms with Crippen LogP contribution >= 0.6 is 11.6 Å². The number of hydrogen-bond acceptors (Lipinski definition) is 8. The van der Waals surface area contributed by atoms with Crippen molar-refractivity contribution in [1.29, 1.82) is 0 Å². The number of benzene rings is 3.